The second-order valence-corrected chi connectivity index (χ2v) is 4.83. The highest BCUT2D eigenvalue weighted by Crippen LogP contribution is 2.14. The molecule has 1 aliphatic heterocycles. The second-order valence-electron chi connectivity index (χ2n) is 4.83. The van der Waals surface area contributed by atoms with E-state index in [9.17, 15) is 9.59 Å². The summed E-state index contributed by atoms with van der Waals surface area (Å²) in [6.07, 6.45) is 1.11. The Morgan fingerprint density at radius 1 is 1.29 bits per heavy atom. The number of aromatic nitrogens is 4. The van der Waals surface area contributed by atoms with E-state index in [1.165, 1.54) is 0 Å². The van der Waals surface area contributed by atoms with Crippen LogP contribution in [0.25, 0.3) is 11.4 Å². The molecule has 1 aromatic heterocycles. The maximum Gasteiger partial charge on any atom is 0.251 e. The average molecular weight is 286 g/mol. The molecule has 1 atom stereocenters. The summed E-state index contributed by atoms with van der Waals surface area (Å²) in [5.41, 5.74) is 1.34. The van der Waals surface area contributed by atoms with Gasteiger partial charge in [0, 0.05) is 30.1 Å². The van der Waals surface area contributed by atoms with Crippen molar-refractivity contribution in [1.29, 1.82) is 0 Å². The first-order chi connectivity index (χ1) is 10.2. The number of piperidine rings is 1. The number of H-pyrrole nitrogens is 1. The molecule has 1 fully saturated rings. The quantitative estimate of drug-likeness (QED) is 0.728. The van der Waals surface area contributed by atoms with Gasteiger partial charge in [-0.1, -0.05) is 12.1 Å². The van der Waals surface area contributed by atoms with E-state index in [0.29, 0.717) is 30.8 Å². The number of hydrogen-bond acceptors (Lipinski definition) is 5. The van der Waals surface area contributed by atoms with Gasteiger partial charge in [0.25, 0.3) is 5.91 Å². The summed E-state index contributed by atoms with van der Waals surface area (Å²) < 4.78 is 0. The Kier molecular flexibility index (Phi) is 3.59. The zero-order valence-corrected chi connectivity index (χ0v) is 11.2. The minimum absolute atomic E-state index is 0.0212. The fourth-order valence-electron chi connectivity index (χ4n) is 2.18. The van der Waals surface area contributed by atoms with Gasteiger partial charge in [0.05, 0.1) is 0 Å². The number of aromatic amines is 1. The minimum Gasteiger partial charge on any atom is -0.354 e. The van der Waals surface area contributed by atoms with Gasteiger partial charge in [-0.15, -0.1) is 10.2 Å². The van der Waals surface area contributed by atoms with Crippen LogP contribution in [0.3, 0.4) is 0 Å². The molecule has 1 unspecified atom stereocenters. The minimum atomic E-state index is -0.157. The largest absolute Gasteiger partial charge is 0.354 e. The van der Waals surface area contributed by atoms with Crippen LogP contribution in [-0.2, 0) is 4.79 Å². The van der Waals surface area contributed by atoms with Crippen molar-refractivity contribution in [2.24, 2.45) is 0 Å². The molecule has 0 radical (unpaired) electrons. The fraction of sp³-hybridized carbons (Fsp3) is 0.308. The zero-order valence-electron chi connectivity index (χ0n) is 11.2. The highest BCUT2D eigenvalue weighted by atomic mass is 16.2. The number of rotatable bonds is 3. The maximum absolute atomic E-state index is 12.1. The van der Waals surface area contributed by atoms with Crippen LogP contribution in [0.4, 0.5) is 0 Å². The number of benzene rings is 1. The molecule has 1 aromatic carbocycles. The number of carbonyl (C=O) groups is 2. The van der Waals surface area contributed by atoms with E-state index in [0.717, 1.165) is 5.56 Å². The fourth-order valence-corrected chi connectivity index (χ4v) is 2.18. The lowest BCUT2D eigenvalue weighted by Crippen LogP contribution is -2.47. The maximum atomic E-state index is 12.1. The van der Waals surface area contributed by atoms with Crippen molar-refractivity contribution in [2.75, 3.05) is 6.54 Å². The molecule has 108 valence electrons. The van der Waals surface area contributed by atoms with Crippen LogP contribution in [0, 0.1) is 0 Å². The van der Waals surface area contributed by atoms with Crippen LogP contribution in [-0.4, -0.2) is 45.0 Å². The van der Waals surface area contributed by atoms with Gasteiger partial charge in [0.1, 0.15) is 0 Å². The molecule has 2 amide bonds. The third-order valence-corrected chi connectivity index (χ3v) is 3.35. The van der Waals surface area contributed by atoms with Crippen molar-refractivity contribution >= 4 is 11.8 Å². The highest BCUT2D eigenvalue weighted by Gasteiger charge is 2.20. The molecule has 2 aromatic rings. The summed E-state index contributed by atoms with van der Waals surface area (Å²) in [4.78, 5) is 23.2. The van der Waals surface area contributed by atoms with Crippen molar-refractivity contribution < 1.29 is 9.59 Å². The van der Waals surface area contributed by atoms with Crippen molar-refractivity contribution in [1.82, 2.24) is 31.3 Å². The monoisotopic (exact) mass is 286 g/mol. The molecule has 0 saturated carbocycles. The second kappa shape index (κ2) is 5.70. The molecule has 8 nitrogen and oxygen atoms in total. The van der Waals surface area contributed by atoms with E-state index in [1.54, 1.807) is 24.3 Å². The van der Waals surface area contributed by atoms with Gasteiger partial charge in [-0.05, 0) is 23.8 Å². The number of nitrogens with one attached hydrogen (secondary N) is 3. The summed E-state index contributed by atoms with van der Waals surface area (Å²) in [5, 5.41) is 19.3. The van der Waals surface area contributed by atoms with Gasteiger partial charge < -0.3 is 10.6 Å². The smallest absolute Gasteiger partial charge is 0.251 e. The van der Waals surface area contributed by atoms with Crippen LogP contribution in [0.2, 0.25) is 0 Å². The summed E-state index contributed by atoms with van der Waals surface area (Å²) in [6, 6.07) is 6.93. The molecule has 1 aliphatic rings. The van der Waals surface area contributed by atoms with Gasteiger partial charge in [0.15, 0.2) is 0 Å². The Labute approximate surface area is 120 Å². The third kappa shape index (κ3) is 3.04. The van der Waals surface area contributed by atoms with Crippen molar-refractivity contribution in [3.8, 4) is 11.4 Å². The normalized spacial score (nSPS) is 18.1. The first-order valence-corrected chi connectivity index (χ1v) is 6.64. The molecule has 8 heteroatoms. The van der Waals surface area contributed by atoms with Gasteiger partial charge in [0.2, 0.25) is 11.7 Å². The first kappa shape index (κ1) is 13.2. The van der Waals surface area contributed by atoms with Crippen molar-refractivity contribution in [3.63, 3.8) is 0 Å². The molecule has 1 saturated heterocycles. The molecular formula is C13H14N6O2. The van der Waals surface area contributed by atoms with Crippen molar-refractivity contribution in [2.45, 2.75) is 18.9 Å². The SMILES string of the molecule is O=C1CCC(NC(=O)c2ccc(-c3nn[nH]n3)cc2)CN1. The van der Waals surface area contributed by atoms with Crippen LogP contribution in [0.15, 0.2) is 24.3 Å². The predicted molar refractivity (Wildman–Crippen MR) is 73.1 cm³/mol. The molecule has 0 spiro atoms. The molecule has 21 heavy (non-hydrogen) atoms. The number of tetrazole rings is 1. The van der Waals surface area contributed by atoms with E-state index >= 15 is 0 Å². The number of carbonyl (C=O) groups excluding carboxylic acids is 2. The molecule has 0 bridgehead atoms. The third-order valence-electron chi connectivity index (χ3n) is 3.35. The summed E-state index contributed by atoms with van der Waals surface area (Å²) in [6.45, 7) is 0.478. The Balaban J connectivity index is 1.64. The van der Waals surface area contributed by atoms with Crippen LogP contribution >= 0.6 is 0 Å². The van der Waals surface area contributed by atoms with Gasteiger partial charge in [-0.3, -0.25) is 9.59 Å². The van der Waals surface area contributed by atoms with Crippen LogP contribution < -0.4 is 10.6 Å². The lowest BCUT2D eigenvalue weighted by molar-refractivity contribution is -0.122. The van der Waals surface area contributed by atoms with Gasteiger partial charge in [-0.2, -0.15) is 5.21 Å². The standard InChI is InChI=1S/C13H14N6O2/c20-11-6-5-10(7-14-11)15-13(21)9-3-1-8(2-4-9)12-16-18-19-17-12/h1-4,10H,5-7H2,(H,14,20)(H,15,21)(H,16,17,18,19). The Hall–Kier alpha value is -2.77. The van der Waals surface area contributed by atoms with Gasteiger partial charge >= 0.3 is 0 Å². The van der Waals surface area contributed by atoms with E-state index < -0.39 is 0 Å². The summed E-state index contributed by atoms with van der Waals surface area (Å²) in [5.74, 6) is 0.359. The Morgan fingerprint density at radius 2 is 2.10 bits per heavy atom. The van der Waals surface area contributed by atoms with E-state index in [1.807, 2.05) is 0 Å². The predicted octanol–water partition coefficient (Wildman–Crippen LogP) is -0.125. The summed E-state index contributed by atoms with van der Waals surface area (Å²) in [7, 11) is 0. The number of nitrogens with zero attached hydrogens (tertiary/aromatic N) is 3. The average Bonchev–Trinajstić information content (AvgIpc) is 3.04. The first-order valence-electron chi connectivity index (χ1n) is 6.64. The van der Waals surface area contributed by atoms with E-state index in [-0.39, 0.29) is 17.9 Å². The Morgan fingerprint density at radius 3 is 2.71 bits per heavy atom. The molecule has 0 aliphatic carbocycles. The van der Waals surface area contributed by atoms with Gasteiger partial charge in [-0.25, -0.2) is 0 Å². The van der Waals surface area contributed by atoms with E-state index in [4.69, 9.17) is 0 Å². The van der Waals surface area contributed by atoms with Crippen molar-refractivity contribution in [3.05, 3.63) is 29.8 Å². The molecular weight excluding hydrogens is 272 g/mol. The van der Waals surface area contributed by atoms with E-state index in [2.05, 4.69) is 31.3 Å². The summed E-state index contributed by atoms with van der Waals surface area (Å²) >= 11 is 0. The Bertz CT molecular complexity index is 627. The number of amides is 2. The molecule has 3 rings (SSSR count). The lowest BCUT2D eigenvalue weighted by atomic mass is 10.1. The molecule has 3 N–H and O–H groups in total. The van der Waals surface area contributed by atoms with Crippen LogP contribution in [0.1, 0.15) is 23.2 Å². The lowest BCUT2D eigenvalue weighted by Gasteiger charge is -2.23. The molecule has 2 heterocycles. The topological polar surface area (TPSA) is 113 Å². The van der Waals surface area contributed by atoms with Crippen LogP contribution in [0.5, 0.6) is 0 Å². The highest BCUT2D eigenvalue weighted by molar-refractivity contribution is 5.95. The number of hydrogen-bond donors (Lipinski definition) is 3. The zero-order chi connectivity index (χ0) is 14.7.